The number of carbonyl (C=O) groups excluding carboxylic acids is 2. The third kappa shape index (κ3) is 8.31. The van der Waals surface area contributed by atoms with Crippen LogP contribution in [0.25, 0.3) is 0 Å². The van der Waals surface area contributed by atoms with Crippen molar-refractivity contribution in [2.45, 2.75) is 25.9 Å². The maximum absolute atomic E-state index is 13.9. The summed E-state index contributed by atoms with van der Waals surface area (Å²) in [6.07, 6.45) is 1.32. The first-order valence-electron chi connectivity index (χ1n) is 11.7. The Kier molecular flexibility index (Phi) is 10.1. The molecule has 0 radical (unpaired) electrons. The Morgan fingerprint density at radius 3 is 2.24 bits per heavy atom. The number of nitrogens with zero attached hydrogens (tertiary/aromatic N) is 2. The monoisotopic (exact) mass is 605 g/mol. The van der Waals surface area contributed by atoms with E-state index in [9.17, 15) is 18.0 Å². The molecule has 3 aromatic rings. The van der Waals surface area contributed by atoms with Crippen LogP contribution in [0.15, 0.2) is 83.3 Å². The van der Waals surface area contributed by atoms with Gasteiger partial charge in [-0.3, -0.25) is 13.9 Å². The molecule has 0 fully saturated rings. The highest BCUT2D eigenvalue weighted by molar-refractivity contribution is 9.10. The maximum Gasteiger partial charge on any atom is 0.244 e. The van der Waals surface area contributed by atoms with Gasteiger partial charge in [0.25, 0.3) is 0 Å². The van der Waals surface area contributed by atoms with Crippen LogP contribution in [0.2, 0.25) is 5.02 Å². The number of halogens is 2. The Morgan fingerprint density at radius 1 is 0.973 bits per heavy atom. The molecule has 0 spiro atoms. The number of amides is 2. The molecule has 3 aromatic carbocycles. The Morgan fingerprint density at radius 2 is 1.65 bits per heavy atom. The van der Waals surface area contributed by atoms with E-state index < -0.39 is 28.5 Å². The molecule has 0 aromatic heterocycles. The number of benzene rings is 3. The van der Waals surface area contributed by atoms with Crippen molar-refractivity contribution in [2.24, 2.45) is 0 Å². The minimum atomic E-state index is -3.81. The standard InChI is InChI=1S/C27H29BrClN3O4S/c1-3-30-27(34)25(16-20-8-5-4-6-9-20)31(18-21-12-14-23(29)15-13-21)26(33)19-32(37(2,35)36)24-11-7-10-22(28)17-24/h4-15,17,25H,3,16,18-19H2,1-2H3,(H,30,34)/t25-/m1/s1. The molecule has 0 aliphatic carbocycles. The zero-order valence-electron chi connectivity index (χ0n) is 20.6. The zero-order valence-corrected chi connectivity index (χ0v) is 23.8. The third-order valence-corrected chi connectivity index (χ3v) is 7.55. The first kappa shape index (κ1) is 28.7. The van der Waals surface area contributed by atoms with Gasteiger partial charge in [-0.05, 0) is 48.4 Å². The number of likely N-dealkylation sites (N-methyl/N-ethyl adjacent to an activating group) is 1. The lowest BCUT2D eigenvalue weighted by molar-refractivity contribution is -0.140. The van der Waals surface area contributed by atoms with Crippen molar-refractivity contribution in [3.8, 4) is 0 Å². The molecule has 0 unspecified atom stereocenters. The van der Waals surface area contributed by atoms with Crippen molar-refractivity contribution in [1.82, 2.24) is 10.2 Å². The molecular formula is C27H29BrClN3O4S. The van der Waals surface area contributed by atoms with Gasteiger partial charge in [0, 0.05) is 29.0 Å². The number of carbonyl (C=O) groups is 2. The second kappa shape index (κ2) is 13.1. The van der Waals surface area contributed by atoms with Crippen molar-refractivity contribution in [3.63, 3.8) is 0 Å². The molecule has 2 amide bonds. The van der Waals surface area contributed by atoms with E-state index in [0.29, 0.717) is 21.7 Å². The summed E-state index contributed by atoms with van der Waals surface area (Å²) >= 11 is 9.41. The fourth-order valence-electron chi connectivity index (χ4n) is 3.88. The van der Waals surface area contributed by atoms with Crippen LogP contribution in [0, 0.1) is 0 Å². The summed E-state index contributed by atoms with van der Waals surface area (Å²) in [5, 5.41) is 3.37. The molecule has 0 bridgehead atoms. The van der Waals surface area contributed by atoms with Crippen molar-refractivity contribution in [2.75, 3.05) is 23.7 Å². The largest absolute Gasteiger partial charge is 0.355 e. The average Bonchev–Trinajstić information content (AvgIpc) is 2.85. The second-order valence-corrected chi connectivity index (χ2v) is 11.8. The number of hydrogen-bond donors (Lipinski definition) is 1. The fraction of sp³-hybridized carbons (Fsp3) is 0.259. The first-order valence-corrected chi connectivity index (χ1v) is 14.7. The highest BCUT2D eigenvalue weighted by Crippen LogP contribution is 2.23. The quantitative estimate of drug-likeness (QED) is 0.345. The number of rotatable bonds is 11. The summed E-state index contributed by atoms with van der Waals surface area (Å²) in [4.78, 5) is 28.6. The van der Waals surface area contributed by atoms with E-state index in [-0.39, 0.29) is 18.9 Å². The molecule has 7 nitrogen and oxygen atoms in total. The molecule has 0 saturated carbocycles. The molecule has 196 valence electrons. The molecule has 1 N–H and O–H groups in total. The van der Waals surface area contributed by atoms with E-state index in [1.807, 2.05) is 37.3 Å². The van der Waals surface area contributed by atoms with Gasteiger partial charge in [-0.25, -0.2) is 8.42 Å². The summed E-state index contributed by atoms with van der Waals surface area (Å²) in [7, 11) is -3.81. The van der Waals surface area contributed by atoms with Gasteiger partial charge in [0.15, 0.2) is 0 Å². The SMILES string of the molecule is CCNC(=O)[C@@H](Cc1ccccc1)N(Cc1ccc(Cl)cc1)C(=O)CN(c1cccc(Br)c1)S(C)(=O)=O. The highest BCUT2D eigenvalue weighted by Gasteiger charge is 2.32. The van der Waals surface area contributed by atoms with E-state index in [0.717, 1.165) is 21.7 Å². The molecular weight excluding hydrogens is 578 g/mol. The molecule has 0 aliphatic heterocycles. The van der Waals surface area contributed by atoms with E-state index in [4.69, 9.17) is 11.6 Å². The minimum absolute atomic E-state index is 0.0979. The van der Waals surface area contributed by atoms with Gasteiger partial charge in [-0.15, -0.1) is 0 Å². The van der Waals surface area contributed by atoms with Crippen molar-refractivity contribution in [3.05, 3.63) is 99.5 Å². The summed E-state index contributed by atoms with van der Waals surface area (Å²) in [5.74, 6) is -0.824. The van der Waals surface area contributed by atoms with E-state index in [1.165, 1.54) is 4.90 Å². The number of hydrogen-bond acceptors (Lipinski definition) is 4. The van der Waals surface area contributed by atoms with Crippen molar-refractivity contribution < 1.29 is 18.0 Å². The highest BCUT2D eigenvalue weighted by atomic mass is 79.9. The smallest absolute Gasteiger partial charge is 0.244 e. The number of sulfonamides is 1. The topological polar surface area (TPSA) is 86.8 Å². The van der Waals surface area contributed by atoms with Gasteiger partial charge in [-0.2, -0.15) is 0 Å². The molecule has 0 heterocycles. The maximum atomic E-state index is 13.9. The van der Waals surface area contributed by atoms with Gasteiger partial charge in [0.2, 0.25) is 21.8 Å². The molecule has 37 heavy (non-hydrogen) atoms. The molecule has 1 atom stereocenters. The predicted molar refractivity (Wildman–Crippen MR) is 151 cm³/mol. The van der Waals surface area contributed by atoms with E-state index in [1.54, 1.807) is 48.5 Å². The van der Waals surface area contributed by atoms with Crippen LogP contribution in [0.1, 0.15) is 18.1 Å². The van der Waals surface area contributed by atoms with Crippen LogP contribution in [0.4, 0.5) is 5.69 Å². The predicted octanol–water partition coefficient (Wildman–Crippen LogP) is 4.64. The lowest BCUT2D eigenvalue weighted by Gasteiger charge is -2.33. The van der Waals surface area contributed by atoms with E-state index >= 15 is 0 Å². The Hall–Kier alpha value is -2.88. The van der Waals surface area contributed by atoms with Crippen LogP contribution >= 0.6 is 27.5 Å². The van der Waals surface area contributed by atoms with Gasteiger partial charge >= 0.3 is 0 Å². The number of nitrogens with one attached hydrogen (secondary N) is 1. The second-order valence-electron chi connectivity index (χ2n) is 8.50. The summed E-state index contributed by atoms with van der Waals surface area (Å²) in [5.41, 5.74) is 1.97. The first-order chi connectivity index (χ1) is 17.6. The summed E-state index contributed by atoms with van der Waals surface area (Å²) < 4.78 is 27.2. The van der Waals surface area contributed by atoms with E-state index in [2.05, 4.69) is 21.2 Å². The normalized spacial score (nSPS) is 12.0. The van der Waals surface area contributed by atoms with Crippen molar-refractivity contribution in [1.29, 1.82) is 0 Å². The summed E-state index contributed by atoms with van der Waals surface area (Å²) in [6, 6.07) is 22.2. The minimum Gasteiger partial charge on any atom is -0.355 e. The van der Waals surface area contributed by atoms with Crippen LogP contribution in [-0.2, 0) is 32.6 Å². The third-order valence-electron chi connectivity index (χ3n) is 5.66. The van der Waals surface area contributed by atoms with Crippen LogP contribution in [-0.4, -0.2) is 50.5 Å². The lowest BCUT2D eigenvalue weighted by atomic mass is 10.0. The summed E-state index contributed by atoms with van der Waals surface area (Å²) in [6.45, 7) is 1.83. The Balaban J connectivity index is 2.03. The van der Waals surface area contributed by atoms with Gasteiger partial charge in [-0.1, -0.05) is 76.1 Å². The zero-order chi connectivity index (χ0) is 27.0. The average molecular weight is 607 g/mol. The number of anilines is 1. The van der Waals surface area contributed by atoms with Gasteiger partial charge in [0.05, 0.1) is 11.9 Å². The Bertz CT molecular complexity index is 1320. The molecule has 0 aliphatic rings. The van der Waals surface area contributed by atoms with Crippen molar-refractivity contribution >= 4 is 55.1 Å². The lowest BCUT2D eigenvalue weighted by Crippen LogP contribution is -2.53. The van der Waals surface area contributed by atoms with Crippen LogP contribution in [0.3, 0.4) is 0 Å². The molecule has 3 rings (SSSR count). The molecule has 10 heteroatoms. The Labute approximate surface area is 231 Å². The van der Waals surface area contributed by atoms with Gasteiger partial charge in [0.1, 0.15) is 12.6 Å². The fourth-order valence-corrected chi connectivity index (χ4v) is 5.23. The van der Waals surface area contributed by atoms with Crippen LogP contribution in [0.5, 0.6) is 0 Å². The van der Waals surface area contributed by atoms with Crippen LogP contribution < -0.4 is 9.62 Å². The van der Waals surface area contributed by atoms with Gasteiger partial charge < -0.3 is 10.2 Å². The molecule has 0 saturated heterocycles.